The first kappa shape index (κ1) is 15.8. The first-order chi connectivity index (χ1) is 9.08. The first-order valence-electron chi connectivity index (χ1n) is 6.32. The van der Waals surface area contributed by atoms with Gasteiger partial charge in [-0.1, -0.05) is 6.92 Å². The minimum atomic E-state index is -0.373. The third-order valence-corrected chi connectivity index (χ3v) is 3.44. The molecule has 1 N–H and O–H groups in total. The highest BCUT2D eigenvalue weighted by atomic mass is 32.2. The van der Waals surface area contributed by atoms with Crippen LogP contribution in [0.3, 0.4) is 0 Å². The summed E-state index contributed by atoms with van der Waals surface area (Å²) in [6.07, 6.45) is 3.60. The molecule has 0 amide bonds. The Kier molecular flexibility index (Phi) is 6.62. The maximum atomic E-state index is 11.6. The molecule has 0 aliphatic heterocycles. The average molecular weight is 283 g/mol. The monoisotopic (exact) mass is 283 g/mol. The van der Waals surface area contributed by atoms with Gasteiger partial charge in [0.05, 0.1) is 17.9 Å². The van der Waals surface area contributed by atoms with Crippen molar-refractivity contribution < 1.29 is 9.53 Å². The normalized spacial score (nSPS) is 12.0. The molecule has 1 heterocycles. The Hall–Kier alpha value is -1.30. The summed E-state index contributed by atoms with van der Waals surface area (Å²) in [6.45, 7) is 6.90. The number of esters is 1. The Labute approximate surface area is 118 Å². The van der Waals surface area contributed by atoms with Crippen molar-refractivity contribution in [3.63, 3.8) is 0 Å². The van der Waals surface area contributed by atoms with Crippen molar-refractivity contribution in [3.8, 4) is 0 Å². The second-order valence-electron chi connectivity index (χ2n) is 4.35. The highest BCUT2D eigenvalue weighted by Gasteiger charge is 2.12. The molecule has 1 aromatic rings. The number of hydrogen-bond donors (Lipinski definition) is 1. The van der Waals surface area contributed by atoms with Gasteiger partial charge in [-0.3, -0.25) is 0 Å². The van der Waals surface area contributed by atoms with E-state index in [4.69, 9.17) is 4.74 Å². The fraction of sp³-hybridized carbons (Fsp3) is 0.615. The number of rotatable bonds is 7. The van der Waals surface area contributed by atoms with E-state index < -0.39 is 0 Å². The van der Waals surface area contributed by atoms with Crippen LogP contribution in [-0.4, -0.2) is 41.1 Å². The van der Waals surface area contributed by atoms with Crippen molar-refractivity contribution >= 4 is 23.7 Å². The fourth-order valence-electron chi connectivity index (χ4n) is 1.57. The van der Waals surface area contributed by atoms with E-state index in [9.17, 15) is 4.79 Å². The summed E-state index contributed by atoms with van der Waals surface area (Å²) in [5.74, 6) is 1.82. The number of nitrogens with zero attached hydrogens (tertiary/aromatic N) is 2. The van der Waals surface area contributed by atoms with E-state index in [2.05, 4.69) is 28.5 Å². The standard InChI is InChI=1S/C13H21N3O2S/c1-5-18-12(17)11-7-15-13(16-10(11)3)14-6-9(2)8-19-4/h7,9H,5-6,8H2,1-4H3,(H,14,15,16). The fourth-order valence-corrected chi connectivity index (χ4v) is 2.26. The molecule has 0 bridgehead atoms. The average Bonchev–Trinajstić information content (AvgIpc) is 2.37. The van der Waals surface area contributed by atoms with E-state index in [-0.39, 0.29) is 5.97 Å². The second kappa shape index (κ2) is 7.99. The molecule has 19 heavy (non-hydrogen) atoms. The van der Waals surface area contributed by atoms with E-state index >= 15 is 0 Å². The third-order valence-electron chi connectivity index (χ3n) is 2.53. The van der Waals surface area contributed by atoms with Gasteiger partial charge in [0, 0.05) is 12.7 Å². The van der Waals surface area contributed by atoms with E-state index in [0.717, 1.165) is 12.3 Å². The lowest BCUT2D eigenvalue weighted by atomic mass is 10.2. The Morgan fingerprint density at radius 2 is 2.32 bits per heavy atom. The molecule has 0 radical (unpaired) electrons. The van der Waals surface area contributed by atoms with Crippen LogP contribution in [0.25, 0.3) is 0 Å². The molecule has 0 fully saturated rings. The zero-order chi connectivity index (χ0) is 14.3. The Morgan fingerprint density at radius 1 is 1.58 bits per heavy atom. The molecule has 0 aliphatic carbocycles. The first-order valence-corrected chi connectivity index (χ1v) is 7.71. The smallest absolute Gasteiger partial charge is 0.341 e. The Balaban J connectivity index is 2.64. The summed E-state index contributed by atoms with van der Waals surface area (Å²) in [4.78, 5) is 20.0. The molecule has 106 valence electrons. The number of anilines is 1. The molecule has 1 aromatic heterocycles. The number of thioether (sulfide) groups is 1. The lowest BCUT2D eigenvalue weighted by Crippen LogP contribution is -2.16. The molecule has 0 aromatic carbocycles. The Morgan fingerprint density at radius 3 is 2.89 bits per heavy atom. The zero-order valence-electron chi connectivity index (χ0n) is 11.9. The van der Waals surface area contributed by atoms with Gasteiger partial charge in [-0.05, 0) is 31.8 Å². The van der Waals surface area contributed by atoms with Crippen LogP contribution in [0.2, 0.25) is 0 Å². The predicted molar refractivity (Wildman–Crippen MR) is 78.8 cm³/mol. The van der Waals surface area contributed by atoms with Crippen molar-refractivity contribution in [2.24, 2.45) is 5.92 Å². The zero-order valence-corrected chi connectivity index (χ0v) is 12.7. The summed E-state index contributed by atoms with van der Waals surface area (Å²) < 4.78 is 4.94. The second-order valence-corrected chi connectivity index (χ2v) is 5.27. The molecule has 0 aliphatic rings. The summed E-state index contributed by atoms with van der Waals surface area (Å²) in [5, 5.41) is 3.18. The van der Waals surface area contributed by atoms with Crippen molar-refractivity contribution in [2.75, 3.05) is 30.5 Å². The maximum absolute atomic E-state index is 11.6. The largest absolute Gasteiger partial charge is 0.462 e. The van der Waals surface area contributed by atoms with Crippen molar-refractivity contribution in [2.45, 2.75) is 20.8 Å². The van der Waals surface area contributed by atoms with Crippen LogP contribution in [0.5, 0.6) is 0 Å². The van der Waals surface area contributed by atoms with Crippen LogP contribution in [0.4, 0.5) is 5.95 Å². The highest BCUT2D eigenvalue weighted by molar-refractivity contribution is 7.98. The van der Waals surface area contributed by atoms with Crippen molar-refractivity contribution in [1.82, 2.24) is 9.97 Å². The Bertz CT molecular complexity index is 426. The van der Waals surface area contributed by atoms with Crippen molar-refractivity contribution in [3.05, 3.63) is 17.5 Å². The number of carbonyl (C=O) groups excluding carboxylic acids is 1. The molecule has 0 spiro atoms. The van der Waals surface area contributed by atoms with Crippen LogP contribution >= 0.6 is 11.8 Å². The van der Waals surface area contributed by atoms with E-state index in [0.29, 0.717) is 29.7 Å². The van der Waals surface area contributed by atoms with E-state index in [1.807, 2.05) is 11.8 Å². The highest BCUT2D eigenvalue weighted by Crippen LogP contribution is 2.10. The quantitative estimate of drug-likeness (QED) is 0.775. The van der Waals surface area contributed by atoms with Gasteiger partial charge < -0.3 is 10.1 Å². The van der Waals surface area contributed by atoms with Gasteiger partial charge in [-0.25, -0.2) is 14.8 Å². The van der Waals surface area contributed by atoms with Crippen molar-refractivity contribution in [1.29, 1.82) is 0 Å². The molecule has 1 unspecified atom stereocenters. The topological polar surface area (TPSA) is 64.1 Å². The van der Waals surface area contributed by atoms with Crippen LogP contribution < -0.4 is 5.32 Å². The summed E-state index contributed by atoms with van der Waals surface area (Å²) in [7, 11) is 0. The predicted octanol–water partition coefficient (Wildman–Crippen LogP) is 2.37. The van der Waals surface area contributed by atoms with E-state index in [1.165, 1.54) is 6.20 Å². The minimum Gasteiger partial charge on any atom is -0.462 e. The molecule has 0 saturated heterocycles. The molecular formula is C13H21N3O2S. The lowest BCUT2D eigenvalue weighted by Gasteiger charge is -2.12. The third kappa shape index (κ3) is 5.06. The van der Waals surface area contributed by atoms with Crippen LogP contribution in [0, 0.1) is 12.8 Å². The molecule has 6 heteroatoms. The lowest BCUT2D eigenvalue weighted by molar-refractivity contribution is 0.0524. The molecule has 0 saturated carbocycles. The number of nitrogens with one attached hydrogen (secondary N) is 1. The van der Waals surface area contributed by atoms with E-state index in [1.54, 1.807) is 13.8 Å². The molecule has 5 nitrogen and oxygen atoms in total. The molecule has 1 rings (SSSR count). The van der Waals surface area contributed by atoms with Gasteiger partial charge >= 0.3 is 5.97 Å². The van der Waals surface area contributed by atoms with Gasteiger partial charge in [-0.2, -0.15) is 11.8 Å². The number of carbonyl (C=O) groups is 1. The molecular weight excluding hydrogens is 262 g/mol. The summed E-state index contributed by atoms with van der Waals surface area (Å²) >= 11 is 1.82. The van der Waals surface area contributed by atoms with Crippen LogP contribution in [0.1, 0.15) is 29.9 Å². The number of ether oxygens (including phenoxy) is 1. The number of aromatic nitrogens is 2. The number of aryl methyl sites for hydroxylation is 1. The number of hydrogen-bond acceptors (Lipinski definition) is 6. The summed E-state index contributed by atoms with van der Waals surface area (Å²) in [5.41, 5.74) is 1.05. The maximum Gasteiger partial charge on any atom is 0.341 e. The molecule has 1 atom stereocenters. The van der Waals surface area contributed by atoms with Gasteiger partial charge in [0.1, 0.15) is 0 Å². The van der Waals surface area contributed by atoms with Gasteiger partial charge in [0.2, 0.25) is 5.95 Å². The van der Waals surface area contributed by atoms with Gasteiger partial charge in [0.15, 0.2) is 0 Å². The van der Waals surface area contributed by atoms with Crippen LogP contribution in [0.15, 0.2) is 6.20 Å². The summed E-state index contributed by atoms with van der Waals surface area (Å²) in [6, 6.07) is 0. The minimum absolute atomic E-state index is 0.352. The van der Waals surface area contributed by atoms with Crippen LogP contribution in [-0.2, 0) is 4.74 Å². The van der Waals surface area contributed by atoms with Gasteiger partial charge in [0.25, 0.3) is 0 Å². The van der Waals surface area contributed by atoms with Gasteiger partial charge in [-0.15, -0.1) is 0 Å². The SMILES string of the molecule is CCOC(=O)c1cnc(NCC(C)CSC)nc1C.